The van der Waals surface area contributed by atoms with Crippen LogP contribution >= 0.6 is 0 Å². The molecular formula is C17H27NO. The van der Waals surface area contributed by atoms with E-state index in [0.29, 0.717) is 5.92 Å². The van der Waals surface area contributed by atoms with Gasteiger partial charge in [0, 0.05) is 19.1 Å². The maximum absolute atomic E-state index is 6.14. The Hall–Kier alpha value is -0.860. The van der Waals surface area contributed by atoms with E-state index in [-0.39, 0.29) is 6.10 Å². The standard InChI is InChI=1S/C17H27NO/c1-5-18-11-15-7-6-8-19-17(15)16-13(3)9-12(2)10-14(16)4/h9-10,15,17-18H,5-8,11H2,1-4H3. The molecule has 1 heterocycles. The van der Waals surface area contributed by atoms with E-state index in [2.05, 4.69) is 45.1 Å². The molecule has 0 aliphatic carbocycles. The third kappa shape index (κ3) is 3.37. The van der Waals surface area contributed by atoms with Crippen molar-refractivity contribution < 1.29 is 4.74 Å². The first-order chi connectivity index (χ1) is 9.13. The van der Waals surface area contributed by atoms with Crippen LogP contribution in [0.25, 0.3) is 0 Å². The van der Waals surface area contributed by atoms with Gasteiger partial charge in [-0.2, -0.15) is 0 Å². The van der Waals surface area contributed by atoms with Gasteiger partial charge in [-0.15, -0.1) is 0 Å². The summed E-state index contributed by atoms with van der Waals surface area (Å²) in [7, 11) is 0. The maximum atomic E-state index is 6.14. The molecule has 1 fully saturated rings. The summed E-state index contributed by atoms with van der Waals surface area (Å²) in [6.45, 7) is 11.8. The molecule has 2 nitrogen and oxygen atoms in total. The zero-order valence-electron chi connectivity index (χ0n) is 12.8. The second kappa shape index (κ2) is 6.53. The van der Waals surface area contributed by atoms with E-state index in [1.165, 1.54) is 35.1 Å². The molecule has 1 N–H and O–H groups in total. The van der Waals surface area contributed by atoms with Crippen molar-refractivity contribution in [3.63, 3.8) is 0 Å². The molecule has 1 aromatic rings. The summed E-state index contributed by atoms with van der Waals surface area (Å²) < 4.78 is 6.14. The fourth-order valence-corrected chi connectivity index (χ4v) is 3.34. The molecule has 0 aromatic heterocycles. The average molecular weight is 261 g/mol. The van der Waals surface area contributed by atoms with E-state index in [0.717, 1.165) is 19.7 Å². The van der Waals surface area contributed by atoms with Crippen LogP contribution in [0.2, 0.25) is 0 Å². The lowest BCUT2D eigenvalue weighted by Gasteiger charge is -2.34. The summed E-state index contributed by atoms with van der Waals surface area (Å²) in [6.07, 6.45) is 2.73. The van der Waals surface area contributed by atoms with Crippen LogP contribution in [0, 0.1) is 26.7 Å². The van der Waals surface area contributed by atoms with Crippen molar-refractivity contribution in [2.24, 2.45) is 5.92 Å². The highest BCUT2D eigenvalue weighted by atomic mass is 16.5. The van der Waals surface area contributed by atoms with Crippen molar-refractivity contribution in [3.8, 4) is 0 Å². The summed E-state index contributed by atoms with van der Waals surface area (Å²) in [4.78, 5) is 0. The van der Waals surface area contributed by atoms with Crippen LogP contribution < -0.4 is 5.32 Å². The lowest BCUT2D eigenvalue weighted by Crippen LogP contribution is -2.32. The van der Waals surface area contributed by atoms with Crippen molar-refractivity contribution in [2.75, 3.05) is 19.7 Å². The molecule has 0 saturated carbocycles. The van der Waals surface area contributed by atoms with Crippen LogP contribution in [-0.2, 0) is 4.74 Å². The fraction of sp³-hybridized carbons (Fsp3) is 0.647. The Labute approximate surface area is 117 Å². The Bertz CT molecular complexity index is 404. The van der Waals surface area contributed by atoms with E-state index >= 15 is 0 Å². The van der Waals surface area contributed by atoms with E-state index in [1.54, 1.807) is 0 Å². The highest BCUT2D eigenvalue weighted by molar-refractivity contribution is 5.39. The van der Waals surface area contributed by atoms with E-state index in [4.69, 9.17) is 4.74 Å². The van der Waals surface area contributed by atoms with Crippen LogP contribution in [-0.4, -0.2) is 19.7 Å². The third-order valence-corrected chi connectivity index (χ3v) is 4.12. The SMILES string of the molecule is CCNCC1CCCOC1c1c(C)cc(C)cc1C. The number of hydrogen-bond acceptors (Lipinski definition) is 2. The van der Waals surface area contributed by atoms with Crippen LogP contribution in [0.4, 0.5) is 0 Å². The normalized spacial score (nSPS) is 23.6. The smallest absolute Gasteiger partial charge is 0.0870 e. The fourth-order valence-electron chi connectivity index (χ4n) is 3.34. The average Bonchev–Trinajstić information content (AvgIpc) is 2.36. The summed E-state index contributed by atoms with van der Waals surface area (Å²) in [5.41, 5.74) is 5.53. The first-order valence-corrected chi connectivity index (χ1v) is 7.53. The number of ether oxygens (including phenoxy) is 1. The Morgan fingerprint density at radius 1 is 1.21 bits per heavy atom. The largest absolute Gasteiger partial charge is 0.373 e. The highest BCUT2D eigenvalue weighted by Crippen LogP contribution is 2.37. The van der Waals surface area contributed by atoms with Crippen LogP contribution in [0.5, 0.6) is 0 Å². The first kappa shape index (κ1) is 14.5. The van der Waals surface area contributed by atoms with Gasteiger partial charge in [0.15, 0.2) is 0 Å². The second-order valence-electron chi connectivity index (χ2n) is 5.81. The molecule has 2 unspecified atom stereocenters. The van der Waals surface area contributed by atoms with E-state index in [1.807, 2.05) is 0 Å². The Balaban J connectivity index is 2.26. The van der Waals surface area contributed by atoms with Gasteiger partial charge >= 0.3 is 0 Å². The molecule has 0 bridgehead atoms. The predicted octanol–water partition coefficient (Wildman–Crippen LogP) is 3.69. The van der Waals surface area contributed by atoms with Gasteiger partial charge in [0.2, 0.25) is 0 Å². The van der Waals surface area contributed by atoms with Gasteiger partial charge in [0.1, 0.15) is 0 Å². The minimum absolute atomic E-state index is 0.272. The van der Waals surface area contributed by atoms with Gasteiger partial charge in [0.25, 0.3) is 0 Å². The van der Waals surface area contributed by atoms with Crippen LogP contribution in [0.15, 0.2) is 12.1 Å². The van der Waals surface area contributed by atoms with Gasteiger partial charge in [-0.3, -0.25) is 0 Å². The molecular weight excluding hydrogens is 234 g/mol. The topological polar surface area (TPSA) is 21.3 Å². The van der Waals surface area contributed by atoms with Gasteiger partial charge in [-0.25, -0.2) is 0 Å². The summed E-state index contributed by atoms with van der Waals surface area (Å²) >= 11 is 0. The minimum Gasteiger partial charge on any atom is -0.373 e. The molecule has 0 amide bonds. The monoisotopic (exact) mass is 261 g/mol. The summed E-state index contributed by atoms with van der Waals surface area (Å²) in [5.74, 6) is 0.605. The molecule has 1 aliphatic heterocycles. The van der Waals surface area contributed by atoms with Crippen molar-refractivity contribution in [2.45, 2.75) is 46.6 Å². The second-order valence-corrected chi connectivity index (χ2v) is 5.81. The van der Waals surface area contributed by atoms with Crippen molar-refractivity contribution >= 4 is 0 Å². The third-order valence-electron chi connectivity index (χ3n) is 4.12. The molecule has 1 saturated heterocycles. The van der Waals surface area contributed by atoms with Crippen LogP contribution in [0.1, 0.15) is 48.1 Å². The quantitative estimate of drug-likeness (QED) is 0.892. The van der Waals surface area contributed by atoms with E-state index < -0.39 is 0 Å². The number of nitrogens with one attached hydrogen (secondary N) is 1. The number of hydrogen-bond donors (Lipinski definition) is 1. The number of benzene rings is 1. The molecule has 0 radical (unpaired) electrons. The summed E-state index contributed by atoms with van der Waals surface area (Å²) in [6, 6.07) is 4.56. The highest BCUT2D eigenvalue weighted by Gasteiger charge is 2.29. The number of aryl methyl sites for hydroxylation is 3. The van der Waals surface area contributed by atoms with Crippen molar-refractivity contribution in [1.82, 2.24) is 5.32 Å². The summed E-state index contributed by atoms with van der Waals surface area (Å²) in [5, 5.41) is 3.49. The Morgan fingerprint density at radius 2 is 1.89 bits per heavy atom. The molecule has 1 aromatic carbocycles. The lowest BCUT2D eigenvalue weighted by molar-refractivity contribution is -0.0283. The molecule has 2 rings (SSSR count). The minimum atomic E-state index is 0.272. The van der Waals surface area contributed by atoms with E-state index in [9.17, 15) is 0 Å². The predicted molar refractivity (Wildman–Crippen MR) is 80.6 cm³/mol. The van der Waals surface area contributed by atoms with Crippen molar-refractivity contribution in [1.29, 1.82) is 0 Å². The van der Waals surface area contributed by atoms with Gasteiger partial charge in [-0.1, -0.05) is 24.6 Å². The molecule has 106 valence electrons. The Morgan fingerprint density at radius 3 is 2.53 bits per heavy atom. The lowest BCUT2D eigenvalue weighted by atomic mass is 9.84. The zero-order chi connectivity index (χ0) is 13.8. The van der Waals surface area contributed by atoms with Gasteiger partial charge < -0.3 is 10.1 Å². The molecule has 2 heteroatoms. The molecule has 1 aliphatic rings. The first-order valence-electron chi connectivity index (χ1n) is 7.53. The maximum Gasteiger partial charge on any atom is 0.0870 e. The molecule has 0 spiro atoms. The zero-order valence-corrected chi connectivity index (χ0v) is 12.8. The molecule has 2 atom stereocenters. The van der Waals surface area contributed by atoms with Gasteiger partial charge in [0.05, 0.1) is 6.10 Å². The number of rotatable bonds is 4. The molecule has 19 heavy (non-hydrogen) atoms. The van der Waals surface area contributed by atoms with Crippen LogP contribution in [0.3, 0.4) is 0 Å². The van der Waals surface area contributed by atoms with Gasteiger partial charge in [-0.05, 0) is 56.8 Å². The van der Waals surface area contributed by atoms with Crippen molar-refractivity contribution in [3.05, 3.63) is 34.4 Å². The Kier molecular flexibility index (Phi) is 5.00.